The van der Waals surface area contributed by atoms with E-state index in [1.165, 1.54) is 10.7 Å². The predicted molar refractivity (Wildman–Crippen MR) is 53.6 cm³/mol. The highest BCUT2D eigenvalue weighted by Crippen LogP contribution is 2.28. The first kappa shape index (κ1) is 11.6. The summed E-state index contributed by atoms with van der Waals surface area (Å²) in [5.41, 5.74) is -0.782. The average Bonchev–Trinajstić information content (AvgIpc) is 2.57. The second-order valence-corrected chi connectivity index (χ2v) is 3.52. The second kappa shape index (κ2) is 3.83. The van der Waals surface area contributed by atoms with Crippen LogP contribution in [0.3, 0.4) is 0 Å². The lowest BCUT2D eigenvalue weighted by Gasteiger charge is -2.07. The molecular formula is C10H9F3N4. The molecule has 0 bridgehead atoms. The minimum Gasteiger partial charge on any atom is -0.236 e. The van der Waals surface area contributed by atoms with E-state index in [-0.39, 0.29) is 0 Å². The molecule has 17 heavy (non-hydrogen) atoms. The quantitative estimate of drug-likeness (QED) is 0.770. The summed E-state index contributed by atoms with van der Waals surface area (Å²) in [6, 6.07) is 2.24. The first-order chi connectivity index (χ1) is 7.88. The number of aryl methyl sites for hydroxylation is 2. The summed E-state index contributed by atoms with van der Waals surface area (Å²) >= 11 is 0. The van der Waals surface area contributed by atoms with Crippen LogP contribution in [-0.2, 0) is 6.18 Å². The Balaban J connectivity index is 2.39. The lowest BCUT2D eigenvalue weighted by Crippen LogP contribution is -2.08. The number of aromatic nitrogens is 4. The Hall–Kier alpha value is -1.92. The maximum absolute atomic E-state index is 12.3. The Morgan fingerprint density at radius 1 is 1.18 bits per heavy atom. The molecule has 0 aromatic carbocycles. The first-order valence-electron chi connectivity index (χ1n) is 4.82. The van der Waals surface area contributed by atoms with E-state index in [2.05, 4.69) is 15.1 Å². The third-order valence-corrected chi connectivity index (χ3v) is 2.17. The SMILES string of the molecule is Cc1nc(C)n(-c2ccc(C(F)(F)F)cn2)n1. The van der Waals surface area contributed by atoms with Crippen LogP contribution >= 0.6 is 0 Å². The van der Waals surface area contributed by atoms with Crippen molar-refractivity contribution < 1.29 is 13.2 Å². The van der Waals surface area contributed by atoms with Gasteiger partial charge in [0.05, 0.1) is 5.56 Å². The number of hydrogen-bond donors (Lipinski definition) is 0. The fraction of sp³-hybridized carbons (Fsp3) is 0.300. The molecule has 0 unspecified atom stereocenters. The average molecular weight is 242 g/mol. The molecule has 0 N–H and O–H groups in total. The number of hydrogen-bond acceptors (Lipinski definition) is 3. The van der Waals surface area contributed by atoms with Crippen molar-refractivity contribution in [2.75, 3.05) is 0 Å². The number of rotatable bonds is 1. The van der Waals surface area contributed by atoms with E-state index in [1.54, 1.807) is 13.8 Å². The fourth-order valence-corrected chi connectivity index (χ4v) is 1.42. The molecule has 0 radical (unpaired) electrons. The van der Waals surface area contributed by atoms with E-state index >= 15 is 0 Å². The highest BCUT2D eigenvalue weighted by Gasteiger charge is 2.30. The normalized spacial score (nSPS) is 11.8. The van der Waals surface area contributed by atoms with Crippen molar-refractivity contribution >= 4 is 0 Å². The lowest BCUT2D eigenvalue weighted by atomic mass is 10.3. The van der Waals surface area contributed by atoms with Crippen molar-refractivity contribution in [3.05, 3.63) is 35.5 Å². The Morgan fingerprint density at radius 3 is 2.29 bits per heavy atom. The third-order valence-electron chi connectivity index (χ3n) is 2.17. The molecule has 0 aliphatic heterocycles. The molecule has 90 valence electrons. The zero-order chi connectivity index (χ0) is 12.6. The van der Waals surface area contributed by atoms with Crippen LogP contribution in [0.15, 0.2) is 18.3 Å². The van der Waals surface area contributed by atoms with Gasteiger partial charge in [-0.2, -0.15) is 17.9 Å². The third kappa shape index (κ3) is 2.27. The molecule has 7 heteroatoms. The molecule has 0 spiro atoms. The fourth-order valence-electron chi connectivity index (χ4n) is 1.42. The van der Waals surface area contributed by atoms with E-state index < -0.39 is 11.7 Å². The van der Waals surface area contributed by atoms with Crippen LogP contribution in [0.5, 0.6) is 0 Å². The van der Waals surface area contributed by atoms with Gasteiger partial charge >= 0.3 is 6.18 Å². The summed E-state index contributed by atoms with van der Waals surface area (Å²) in [5.74, 6) is 1.44. The molecule has 2 aromatic rings. The summed E-state index contributed by atoms with van der Waals surface area (Å²) in [6.07, 6.45) is -3.59. The zero-order valence-corrected chi connectivity index (χ0v) is 9.15. The maximum atomic E-state index is 12.3. The summed E-state index contributed by atoms with van der Waals surface area (Å²) in [7, 11) is 0. The van der Waals surface area contributed by atoms with Crippen LogP contribution in [0.25, 0.3) is 5.82 Å². The van der Waals surface area contributed by atoms with Gasteiger partial charge in [0, 0.05) is 6.20 Å². The van der Waals surface area contributed by atoms with Gasteiger partial charge in [-0.05, 0) is 26.0 Å². The minimum atomic E-state index is -4.38. The van der Waals surface area contributed by atoms with E-state index in [1.807, 2.05) is 0 Å². The Labute approximate surface area is 95.1 Å². The van der Waals surface area contributed by atoms with Gasteiger partial charge < -0.3 is 0 Å². The maximum Gasteiger partial charge on any atom is 0.417 e. The van der Waals surface area contributed by atoms with Gasteiger partial charge in [-0.15, -0.1) is 5.10 Å². The molecule has 0 atom stereocenters. The molecule has 0 saturated heterocycles. The van der Waals surface area contributed by atoms with Crippen LogP contribution < -0.4 is 0 Å². The van der Waals surface area contributed by atoms with Gasteiger partial charge in [0.1, 0.15) is 11.6 Å². The lowest BCUT2D eigenvalue weighted by molar-refractivity contribution is -0.137. The minimum absolute atomic E-state index is 0.316. The molecule has 0 fully saturated rings. The Kier molecular flexibility index (Phi) is 2.60. The van der Waals surface area contributed by atoms with Crippen LogP contribution in [0.1, 0.15) is 17.2 Å². The number of halogens is 3. The predicted octanol–water partition coefficient (Wildman–Crippen LogP) is 2.30. The van der Waals surface area contributed by atoms with E-state index in [9.17, 15) is 13.2 Å². The van der Waals surface area contributed by atoms with Crippen LogP contribution in [0.2, 0.25) is 0 Å². The Bertz CT molecular complexity index is 527. The van der Waals surface area contributed by atoms with Crippen molar-refractivity contribution in [2.45, 2.75) is 20.0 Å². The van der Waals surface area contributed by atoms with E-state index in [4.69, 9.17) is 0 Å². The highest BCUT2D eigenvalue weighted by molar-refractivity contribution is 5.26. The van der Waals surface area contributed by atoms with Gasteiger partial charge in [0.2, 0.25) is 0 Å². The van der Waals surface area contributed by atoms with Crippen molar-refractivity contribution in [1.82, 2.24) is 19.7 Å². The number of pyridine rings is 1. The zero-order valence-electron chi connectivity index (χ0n) is 9.15. The molecule has 0 saturated carbocycles. The van der Waals surface area contributed by atoms with Crippen molar-refractivity contribution in [1.29, 1.82) is 0 Å². The number of nitrogens with zero attached hydrogens (tertiary/aromatic N) is 4. The van der Waals surface area contributed by atoms with Crippen LogP contribution in [0, 0.1) is 13.8 Å². The molecule has 0 aliphatic rings. The molecular weight excluding hydrogens is 233 g/mol. The molecule has 4 nitrogen and oxygen atoms in total. The largest absolute Gasteiger partial charge is 0.417 e. The van der Waals surface area contributed by atoms with Crippen molar-refractivity contribution in [3.63, 3.8) is 0 Å². The van der Waals surface area contributed by atoms with Gasteiger partial charge in [-0.1, -0.05) is 0 Å². The van der Waals surface area contributed by atoms with E-state index in [0.29, 0.717) is 17.5 Å². The van der Waals surface area contributed by atoms with Crippen molar-refractivity contribution in [3.8, 4) is 5.82 Å². The monoisotopic (exact) mass is 242 g/mol. The highest BCUT2D eigenvalue weighted by atomic mass is 19.4. The summed E-state index contributed by atoms with van der Waals surface area (Å²) in [5, 5.41) is 4.03. The van der Waals surface area contributed by atoms with Gasteiger partial charge in [0.15, 0.2) is 5.82 Å². The summed E-state index contributed by atoms with van der Waals surface area (Å²) in [4.78, 5) is 7.78. The first-order valence-corrected chi connectivity index (χ1v) is 4.82. The molecule has 2 rings (SSSR count). The standard InChI is InChI=1S/C10H9F3N4/c1-6-15-7(2)17(16-6)9-4-3-8(5-14-9)10(11,12)13/h3-5H,1-2H3. The van der Waals surface area contributed by atoms with Crippen LogP contribution in [-0.4, -0.2) is 19.7 Å². The second-order valence-electron chi connectivity index (χ2n) is 3.52. The number of alkyl halides is 3. The summed E-state index contributed by atoms with van der Waals surface area (Å²) < 4.78 is 38.4. The molecule has 2 aromatic heterocycles. The topological polar surface area (TPSA) is 43.6 Å². The molecule has 0 aliphatic carbocycles. The van der Waals surface area contributed by atoms with E-state index in [0.717, 1.165) is 12.3 Å². The molecule has 0 amide bonds. The van der Waals surface area contributed by atoms with Crippen molar-refractivity contribution in [2.24, 2.45) is 0 Å². The summed E-state index contributed by atoms with van der Waals surface area (Å²) in [6.45, 7) is 3.41. The van der Waals surface area contributed by atoms with Gasteiger partial charge in [-0.3, -0.25) is 0 Å². The van der Waals surface area contributed by atoms with Gasteiger partial charge in [-0.25, -0.2) is 9.97 Å². The smallest absolute Gasteiger partial charge is 0.236 e. The van der Waals surface area contributed by atoms with Crippen LogP contribution in [0.4, 0.5) is 13.2 Å². The molecule has 2 heterocycles. The Morgan fingerprint density at radius 2 is 1.88 bits per heavy atom. The van der Waals surface area contributed by atoms with Gasteiger partial charge in [0.25, 0.3) is 0 Å².